The highest BCUT2D eigenvalue weighted by Crippen LogP contribution is 1.95. The molecular weight excluding hydrogens is 150 g/mol. The predicted molar refractivity (Wildman–Crippen MR) is 45.5 cm³/mol. The van der Waals surface area contributed by atoms with Gasteiger partial charge in [-0.05, 0) is 6.42 Å². The number of carbonyl (C=O) groups excluding carboxylic acids is 1. The van der Waals surface area contributed by atoms with E-state index in [1.165, 1.54) is 0 Å². The van der Waals surface area contributed by atoms with Gasteiger partial charge >= 0.3 is 0 Å². The zero-order chi connectivity index (χ0) is 7.28. The number of hydrogen-bond acceptors (Lipinski definition) is 1. The lowest BCUT2D eigenvalue weighted by Gasteiger charge is -2.08. The summed E-state index contributed by atoms with van der Waals surface area (Å²) in [6, 6.07) is 0. The largest absolute Gasteiger partial charge is 0.349 e. The fraction of sp³-hybridized carbons (Fsp3) is 0.857. The van der Waals surface area contributed by atoms with Gasteiger partial charge in [-0.1, -0.05) is 13.3 Å². The molecule has 10 heavy (non-hydrogen) atoms. The lowest BCUT2D eigenvalue weighted by atomic mass is 10.2. The van der Waals surface area contributed by atoms with Gasteiger partial charge in [-0.3, -0.25) is 4.79 Å². The molecule has 0 spiro atoms. The van der Waals surface area contributed by atoms with Crippen molar-refractivity contribution < 1.29 is 4.79 Å². The maximum atomic E-state index is 10.8. The Balaban J connectivity index is 0. The Morgan fingerprint density at radius 3 is 2.20 bits per heavy atom. The van der Waals surface area contributed by atoms with E-state index >= 15 is 0 Å². The summed E-state index contributed by atoms with van der Waals surface area (Å²) in [5, 5.41) is 0. The summed E-state index contributed by atoms with van der Waals surface area (Å²) in [6.45, 7) is 2.09. The van der Waals surface area contributed by atoms with Gasteiger partial charge in [0.05, 0.1) is 0 Å². The molecule has 0 atom stereocenters. The van der Waals surface area contributed by atoms with Crippen molar-refractivity contribution in [3.8, 4) is 0 Å². The molecule has 0 saturated heterocycles. The second-order valence-corrected chi connectivity index (χ2v) is 2.39. The number of carbonyl (C=O) groups is 1. The highest BCUT2D eigenvalue weighted by molar-refractivity contribution is 5.85. The number of nitrogens with zero attached hydrogens (tertiary/aromatic N) is 1. The minimum atomic E-state index is 0. The van der Waals surface area contributed by atoms with Crippen molar-refractivity contribution in [3.63, 3.8) is 0 Å². The van der Waals surface area contributed by atoms with Gasteiger partial charge in [0.15, 0.2) is 0 Å². The highest BCUT2D eigenvalue weighted by Gasteiger charge is 2.00. The molecule has 0 aromatic heterocycles. The highest BCUT2D eigenvalue weighted by atomic mass is 35.5. The quantitative estimate of drug-likeness (QED) is 0.623. The molecule has 0 N–H and O–H groups in total. The molecular formula is C7H16ClNO. The Morgan fingerprint density at radius 1 is 1.40 bits per heavy atom. The molecule has 0 aromatic rings. The zero-order valence-corrected chi connectivity index (χ0v) is 7.70. The SMILES string of the molecule is CCCCC(=O)N(C)C.Cl. The standard InChI is InChI=1S/C7H15NO.ClH/c1-4-5-6-7(9)8(2)3;/h4-6H2,1-3H3;1H. The Kier molecular flexibility index (Phi) is 8.55. The van der Waals surface area contributed by atoms with Gasteiger partial charge in [-0.15, -0.1) is 12.4 Å². The van der Waals surface area contributed by atoms with Crippen LogP contribution in [0.4, 0.5) is 0 Å². The number of unbranched alkanes of at least 4 members (excludes halogenated alkanes) is 1. The molecule has 0 rings (SSSR count). The van der Waals surface area contributed by atoms with Crippen LogP contribution in [0.25, 0.3) is 0 Å². The van der Waals surface area contributed by atoms with Crippen molar-refractivity contribution in [2.75, 3.05) is 14.1 Å². The minimum absolute atomic E-state index is 0. The fourth-order valence-electron chi connectivity index (χ4n) is 0.552. The van der Waals surface area contributed by atoms with E-state index in [0.717, 1.165) is 12.8 Å². The van der Waals surface area contributed by atoms with Crippen LogP contribution in [0.3, 0.4) is 0 Å². The van der Waals surface area contributed by atoms with E-state index in [1.807, 2.05) is 0 Å². The van der Waals surface area contributed by atoms with Gasteiger partial charge in [0.2, 0.25) is 5.91 Å². The first kappa shape index (κ1) is 12.4. The summed E-state index contributed by atoms with van der Waals surface area (Å²) in [7, 11) is 3.58. The van der Waals surface area contributed by atoms with E-state index in [9.17, 15) is 4.79 Å². The second kappa shape index (κ2) is 6.87. The third kappa shape index (κ3) is 5.89. The van der Waals surface area contributed by atoms with Gasteiger partial charge in [0.25, 0.3) is 0 Å². The van der Waals surface area contributed by atoms with Crippen LogP contribution >= 0.6 is 12.4 Å². The molecule has 0 bridgehead atoms. The van der Waals surface area contributed by atoms with Crippen molar-refractivity contribution in [2.24, 2.45) is 0 Å². The van der Waals surface area contributed by atoms with Gasteiger partial charge in [-0.2, -0.15) is 0 Å². The Labute approximate surface area is 69.0 Å². The average Bonchev–Trinajstić information content (AvgIpc) is 1.82. The summed E-state index contributed by atoms with van der Waals surface area (Å²) in [6.07, 6.45) is 2.81. The molecule has 0 fully saturated rings. The van der Waals surface area contributed by atoms with Gasteiger partial charge < -0.3 is 4.90 Å². The van der Waals surface area contributed by atoms with Crippen LogP contribution in [0.5, 0.6) is 0 Å². The Hall–Kier alpha value is -0.240. The van der Waals surface area contributed by atoms with E-state index in [2.05, 4.69) is 6.92 Å². The summed E-state index contributed by atoms with van der Waals surface area (Å²) >= 11 is 0. The number of halogens is 1. The molecule has 0 unspecified atom stereocenters. The third-order valence-electron chi connectivity index (χ3n) is 1.24. The summed E-state index contributed by atoms with van der Waals surface area (Å²) in [4.78, 5) is 12.5. The van der Waals surface area contributed by atoms with Crippen molar-refractivity contribution >= 4 is 18.3 Å². The van der Waals surface area contributed by atoms with Crippen molar-refractivity contribution in [2.45, 2.75) is 26.2 Å². The van der Waals surface area contributed by atoms with Crippen LogP contribution in [0.1, 0.15) is 26.2 Å². The maximum absolute atomic E-state index is 10.8. The molecule has 2 nitrogen and oxygen atoms in total. The lowest BCUT2D eigenvalue weighted by Crippen LogP contribution is -2.20. The zero-order valence-electron chi connectivity index (χ0n) is 6.89. The number of rotatable bonds is 3. The minimum Gasteiger partial charge on any atom is -0.349 e. The molecule has 0 aromatic carbocycles. The van der Waals surface area contributed by atoms with Crippen molar-refractivity contribution in [1.82, 2.24) is 4.90 Å². The number of hydrogen-bond donors (Lipinski definition) is 0. The first-order valence-electron chi connectivity index (χ1n) is 3.38. The molecule has 0 aliphatic carbocycles. The third-order valence-corrected chi connectivity index (χ3v) is 1.24. The maximum Gasteiger partial charge on any atom is 0.222 e. The summed E-state index contributed by atoms with van der Waals surface area (Å²) in [5.74, 6) is 0.233. The topological polar surface area (TPSA) is 20.3 Å². The molecule has 3 heteroatoms. The molecule has 62 valence electrons. The van der Waals surface area contributed by atoms with E-state index in [-0.39, 0.29) is 18.3 Å². The van der Waals surface area contributed by atoms with Gasteiger partial charge in [0, 0.05) is 20.5 Å². The first-order chi connectivity index (χ1) is 4.18. The van der Waals surface area contributed by atoms with E-state index in [1.54, 1.807) is 19.0 Å². The first-order valence-corrected chi connectivity index (χ1v) is 3.38. The van der Waals surface area contributed by atoms with Crippen LogP contribution in [-0.2, 0) is 4.79 Å². The van der Waals surface area contributed by atoms with E-state index < -0.39 is 0 Å². The smallest absolute Gasteiger partial charge is 0.222 e. The molecule has 0 aliphatic rings. The van der Waals surface area contributed by atoms with Gasteiger partial charge in [-0.25, -0.2) is 0 Å². The monoisotopic (exact) mass is 165 g/mol. The van der Waals surface area contributed by atoms with Gasteiger partial charge in [0.1, 0.15) is 0 Å². The van der Waals surface area contributed by atoms with Crippen LogP contribution in [0, 0.1) is 0 Å². The molecule has 0 heterocycles. The predicted octanol–water partition coefficient (Wildman–Crippen LogP) is 1.69. The molecule has 1 amide bonds. The Bertz CT molecular complexity index is 93.6. The lowest BCUT2D eigenvalue weighted by molar-refractivity contribution is -0.128. The van der Waals surface area contributed by atoms with Crippen molar-refractivity contribution in [1.29, 1.82) is 0 Å². The number of amides is 1. The summed E-state index contributed by atoms with van der Waals surface area (Å²) in [5.41, 5.74) is 0. The fourth-order valence-corrected chi connectivity index (χ4v) is 0.552. The van der Waals surface area contributed by atoms with Crippen LogP contribution < -0.4 is 0 Å². The van der Waals surface area contributed by atoms with Crippen molar-refractivity contribution in [3.05, 3.63) is 0 Å². The molecule has 0 saturated carbocycles. The molecule has 0 aliphatic heterocycles. The van der Waals surface area contributed by atoms with Crippen LogP contribution in [0.2, 0.25) is 0 Å². The Morgan fingerprint density at radius 2 is 1.90 bits per heavy atom. The van der Waals surface area contributed by atoms with E-state index in [0.29, 0.717) is 6.42 Å². The van der Waals surface area contributed by atoms with Crippen LogP contribution in [0.15, 0.2) is 0 Å². The second-order valence-electron chi connectivity index (χ2n) is 2.39. The molecule has 0 radical (unpaired) electrons. The normalized spacial score (nSPS) is 8.30. The summed E-state index contributed by atoms with van der Waals surface area (Å²) < 4.78 is 0. The van der Waals surface area contributed by atoms with Crippen LogP contribution in [-0.4, -0.2) is 24.9 Å². The average molecular weight is 166 g/mol. The van der Waals surface area contributed by atoms with E-state index in [4.69, 9.17) is 0 Å².